The van der Waals surface area contributed by atoms with Crippen molar-refractivity contribution >= 4 is 5.97 Å². The Hall–Kier alpha value is -1.31. The summed E-state index contributed by atoms with van der Waals surface area (Å²) in [7, 11) is 0. The molecule has 56 valence electrons. The van der Waals surface area contributed by atoms with Crippen LogP contribution in [-0.4, -0.2) is 11.1 Å². The molecular formula is C8H12O2. The molecule has 2 heteroatoms. The summed E-state index contributed by atoms with van der Waals surface area (Å²) < 4.78 is 0. The Balaban J connectivity index is 0. The number of hydrogen-bond donors (Lipinski definition) is 1. The van der Waals surface area contributed by atoms with E-state index in [1.807, 2.05) is 0 Å². The fourth-order valence-corrected chi connectivity index (χ4v) is 0.248. The molecule has 0 aromatic carbocycles. The first kappa shape index (κ1) is 11.5. The van der Waals surface area contributed by atoms with Crippen LogP contribution in [0.4, 0.5) is 0 Å². The van der Waals surface area contributed by atoms with E-state index in [1.165, 1.54) is 19.1 Å². The number of carboxylic acids is 1. The van der Waals surface area contributed by atoms with Crippen molar-refractivity contribution in [2.24, 2.45) is 0 Å². The Morgan fingerprint density at radius 3 is 2.00 bits per heavy atom. The van der Waals surface area contributed by atoms with Gasteiger partial charge < -0.3 is 5.11 Å². The van der Waals surface area contributed by atoms with Gasteiger partial charge in [0.15, 0.2) is 0 Å². The molecule has 0 aliphatic heterocycles. The topological polar surface area (TPSA) is 37.3 Å². The summed E-state index contributed by atoms with van der Waals surface area (Å²) in [6.45, 7) is 10.9. The first-order chi connectivity index (χ1) is 4.68. The van der Waals surface area contributed by atoms with Crippen molar-refractivity contribution in [2.45, 2.75) is 6.92 Å². The lowest BCUT2D eigenvalue weighted by Gasteiger charge is -1.84. The zero-order chi connectivity index (χ0) is 8.57. The first-order valence-electron chi connectivity index (χ1n) is 2.71. The predicted octanol–water partition coefficient (Wildman–Crippen LogP) is 2.01. The third-order valence-electron chi connectivity index (χ3n) is 0.705. The normalized spacial score (nSPS) is 9.10. The lowest BCUT2D eigenvalue weighted by molar-refractivity contribution is -0.132. The van der Waals surface area contributed by atoms with Crippen molar-refractivity contribution in [1.29, 1.82) is 0 Å². The summed E-state index contributed by atoms with van der Waals surface area (Å²) in [6.07, 6.45) is 2.89. The number of carbonyl (C=O) groups is 1. The van der Waals surface area contributed by atoms with Gasteiger partial charge in [0.2, 0.25) is 0 Å². The Morgan fingerprint density at radius 1 is 1.50 bits per heavy atom. The van der Waals surface area contributed by atoms with Crippen LogP contribution in [0, 0.1) is 0 Å². The highest BCUT2D eigenvalue weighted by molar-refractivity contribution is 5.86. The highest BCUT2D eigenvalue weighted by Gasteiger charge is 1.94. The van der Waals surface area contributed by atoms with Crippen LogP contribution >= 0.6 is 0 Å². The van der Waals surface area contributed by atoms with Gasteiger partial charge in [-0.05, 0) is 6.92 Å². The molecule has 0 atom stereocenters. The largest absolute Gasteiger partial charge is 0.478 e. The van der Waals surface area contributed by atoms with E-state index in [9.17, 15) is 4.79 Å². The van der Waals surface area contributed by atoms with Crippen LogP contribution in [-0.2, 0) is 4.79 Å². The van der Waals surface area contributed by atoms with Gasteiger partial charge in [0.25, 0.3) is 0 Å². The monoisotopic (exact) mass is 140 g/mol. The summed E-state index contributed by atoms with van der Waals surface area (Å²) in [6, 6.07) is 0. The Kier molecular flexibility index (Phi) is 8.83. The molecule has 0 bridgehead atoms. The van der Waals surface area contributed by atoms with E-state index in [1.54, 1.807) is 0 Å². The van der Waals surface area contributed by atoms with Gasteiger partial charge in [-0.2, -0.15) is 0 Å². The van der Waals surface area contributed by atoms with E-state index < -0.39 is 5.97 Å². The van der Waals surface area contributed by atoms with E-state index in [4.69, 9.17) is 5.11 Å². The van der Waals surface area contributed by atoms with Crippen LogP contribution < -0.4 is 0 Å². The summed E-state index contributed by atoms with van der Waals surface area (Å²) in [5.74, 6) is -0.898. The minimum Gasteiger partial charge on any atom is -0.478 e. The fourth-order valence-electron chi connectivity index (χ4n) is 0.248. The van der Waals surface area contributed by atoms with Crippen LogP contribution in [0.3, 0.4) is 0 Å². The summed E-state index contributed by atoms with van der Waals surface area (Å²) in [5, 5.41) is 8.20. The second-order valence-electron chi connectivity index (χ2n) is 1.39. The highest BCUT2D eigenvalue weighted by atomic mass is 16.4. The van der Waals surface area contributed by atoms with E-state index in [0.29, 0.717) is 5.57 Å². The number of aliphatic carboxylic acids is 1. The summed E-state index contributed by atoms with van der Waals surface area (Å²) in [5.41, 5.74) is 0.306. The molecule has 0 unspecified atom stereocenters. The van der Waals surface area contributed by atoms with Gasteiger partial charge >= 0.3 is 5.97 Å². The minimum absolute atomic E-state index is 0.306. The van der Waals surface area contributed by atoms with Crippen LogP contribution in [0.15, 0.2) is 37.5 Å². The maximum absolute atomic E-state index is 9.97. The molecule has 0 saturated carbocycles. The lowest BCUT2D eigenvalue weighted by Crippen LogP contribution is -1.94. The number of allylic oxidation sites excluding steroid dienone is 2. The molecule has 2 nitrogen and oxygen atoms in total. The van der Waals surface area contributed by atoms with E-state index >= 15 is 0 Å². The molecule has 0 fully saturated rings. The molecule has 0 aromatic heterocycles. The molecule has 0 aliphatic carbocycles. The van der Waals surface area contributed by atoms with E-state index in [0.717, 1.165) is 0 Å². The fraction of sp³-hybridized carbons (Fsp3) is 0.125. The SMILES string of the molecule is C=C.C=CC=C(C)C(=O)O. The minimum atomic E-state index is -0.898. The van der Waals surface area contributed by atoms with Gasteiger partial charge in [0.1, 0.15) is 0 Å². The molecular weight excluding hydrogens is 128 g/mol. The molecule has 1 N–H and O–H groups in total. The van der Waals surface area contributed by atoms with Gasteiger partial charge in [-0.3, -0.25) is 0 Å². The smallest absolute Gasteiger partial charge is 0.331 e. The molecule has 0 heterocycles. The quantitative estimate of drug-likeness (QED) is 0.362. The first-order valence-corrected chi connectivity index (χ1v) is 2.71. The average Bonchev–Trinajstić information content (AvgIpc) is 1.93. The number of carboxylic acid groups (broad SMARTS) is 1. The predicted molar refractivity (Wildman–Crippen MR) is 42.8 cm³/mol. The summed E-state index contributed by atoms with van der Waals surface area (Å²) in [4.78, 5) is 9.97. The molecule has 10 heavy (non-hydrogen) atoms. The Morgan fingerprint density at radius 2 is 1.90 bits per heavy atom. The molecule has 0 aromatic rings. The average molecular weight is 140 g/mol. The molecule has 0 amide bonds. The Bertz CT molecular complexity index is 145. The molecule has 0 spiro atoms. The lowest BCUT2D eigenvalue weighted by atomic mass is 10.3. The second-order valence-corrected chi connectivity index (χ2v) is 1.39. The van der Waals surface area contributed by atoms with Crippen LogP contribution in [0.1, 0.15) is 6.92 Å². The van der Waals surface area contributed by atoms with E-state index in [2.05, 4.69) is 19.7 Å². The zero-order valence-electron chi connectivity index (χ0n) is 6.13. The van der Waals surface area contributed by atoms with Crippen molar-refractivity contribution in [1.82, 2.24) is 0 Å². The Labute approximate surface area is 61.2 Å². The summed E-state index contributed by atoms with van der Waals surface area (Å²) >= 11 is 0. The highest BCUT2D eigenvalue weighted by Crippen LogP contribution is 1.89. The van der Waals surface area contributed by atoms with Crippen molar-refractivity contribution in [3.63, 3.8) is 0 Å². The van der Waals surface area contributed by atoms with Gasteiger partial charge in [0, 0.05) is 5.57 Å². The maximum Gasteiger partial charge on any atom is 0.331 e. The molecule has 0 radical (unpaired) electrons. The van der Waals surface area contributed by atoms with Crippen molar-refractivity contribution in [2.75, 3.05) is 0 Å². The van der Waals surface area contributed by atoms with Crippen LogP contribution in [0.2, 0.25) is 0 Å². The van der Waals surface area contributed by atoms with E-state index in [-0.39, 0.29) is 0 Å². The van der Waals surface area contributed by atoms with Gasteiger partial charge in [-0.15, -0.1) is 13.2 Å². The molecule has 0 aliphatic rings. The van der Waals surface area contributed by atoms with Crippen LogP contribution in [0.25, 0.3) is 0 Å². The van der Waals surface area contributed by atoms with Crippen molar-refractivity contribution < 1.29 is 9.90 Å². The molecule has 0 rings (SSSR count). The van der Waals surface area contributed by atoms with Gasteiger partial charge in [-0.25, -0.2) is 4.79 Å². The third kappa shape index (κ3) is 6.69. The number of rotatable bonds is 2. The third-order valence-corrected chi connectivity index (χ3v) is 0.705. The number of hydrogen-bond acceptors (Lipinski definition) is 1. The van der Waals surface area contributed by atoms with Crippen molar-refractivity contribution in [3.05, 3.63) is 37.5 Å². The standard InChI is InChI=1S/C6H8O2.C2H4/c1-3-4-5(2)6(7)8;1-2/h3-4H,1H2,2H3,(H,7,8);1-2H2. The second kappa shape index (κ2) is 7.69. The van der Waals surface area contributed by atoms with Gasteiger partial charge in [-0.1, -0.05) is 18.7 Å². The van der Waals surface area contributed by atoms with Crippen LogP contribution in [0.5, 0.6) is 0 Å². The zero-order valence-corrected chi connectivity index (χ0v) is 6.13. The van der Waals surface area contributed by atoms with Gasteiger partial charge in [0.05, 0.1) is 0 Å². The molecule has 0 saturated heterocycles. The maximum atomic E-state index is 9.97. The van der Waals surface area contributed by atoms with Crippen molar-refractivity contribution in [3.8, 4) is 0 Å².